The molecule has 140 valence electrons. The maximum Gasteiger partial charge on any atom is 0.325 e. The van der Waals surface area contributed by atoms with Gasteiger partial charge in [0.25, 0.3) is 0 Å². The summed E-state index contributed by atoms with van der Waals surface area (Å²) >= 11 is 0. The molecule has 2 aromatic rings. The molecule has 26 heavy (non-hydrogen) atoms. The van der Waals surface area contributed by atoms with E-state index in [1.807, 2.05) is 66.7 Å². The minimum atomic E-state index is -0.434. The number of ether oxygens (including phenoxy) is 1. The number of benzene rings is 2. The number of hydrogen-bond acceptors (Lipinski definition) is 4. The van der Waals surface area contributed by atoms with E-state index in [0.717, 1.165) is 24.9 Å². The summed E-state index contributed by atoms with van der Waals surface area (Å²) in [7, 11) is 0. The molecule has 0 fully saturated rings. The number of carbonyl (C=O) groups is 2. The quantitative estimate of drug-likeness (QED) is 0.535. The molecule has 0 unspecified atom stereocenters. The van der Waals surface area contributed by atoms with E-state index >= 15 is 0 Å². The molecule has 5 heteroatoms. The lowest BCUT2D eigenvalue weighted by Gasteiger charge is -2.07. The summed E-state index contributed by atoms with van der Waals surface area (Å²) in [5.74, 6) is -0.631. The molecule has 1 amide bonds. The van der Waals surface area contributed by atoms with Gasteiger partial charge in [-0.05, 0) is 18.5 Å². The van der Waals surface area contributed by atoms with Crippen LogP contribution in [0, 0.1) is 0 Å². The third-order valence-electron chi connectivity index (χ3n) is 3.33. The van der Waals surface area contributed by atoms with Crippen molar-refractivity contribution in [1.29, 1.82) is 0 Å². The van der Waals surface area contributed by atoms with Crippen LogP contribution in [0.3, 0.4) is 0 Å². The second kappa shape index (κ2) is 14.7. The summed E-state index contributed by atoms with van der Waals surface area (Å²) in [5.41, 5.74) is 0.924. The molecule has 0 heterocycles. The van der Waals surface area contributed by atoms with Crippen LogP contribution in [0.25, 0.3) is 0 Å². The van der Waals surface area contributed by atoms with E-state index in [1.165, 1.54) is 0 Å². The smallest absolute Gasteiger partial charge is 0.325 e. The fourth-order valence-corrected chi connectivity index (χ4v) is 1.91. The summed E-state index contributed by atoms with van der Waals surface area (Å²) in [4.78, 5) is 22.8. The number of esters is 1. The largest absolute Gasteiger partial charge is 0.460 e. The molecular formula is C21H28N2O3. The van der Waals surface area contributed by atoms with Crippen LogP contribution in [0.4, 0.5) is 0 Å². The topological polar surface area (TPSA) is 67.4 Å². The molecule has 2 rings (SSSR count). The lowest BCUT2D eigenvalue weighted by molar-refractivity contribution is -0.145. The van der Waals surface area contributed by atoms with Crippen LogP contribution in [0.15, 0.2) is 66.7 Å². The van der Waals surface area contributed by atoms with Gasteiger partial charge >= 0.3 is 5.97 Å². The van der Waals surface area contributed by atoms with Crippen LogP contribution in [-0.4, -0.2) is 31.5 Å². The van der Waals surface area contributed by atoms with Crippen LogP contribution in [-0.2, 0) is 20.9 Å². The van der Waals surface area contributed by atoms with Gasteiger partial charge in [-0.25, -0.2) is 0 Å². The number of amides is 1. The van der Waals surface area contributed by atoms with Gasteiger partial charge in [-0.2, -0.15) is 0 Å². The molecule has 0 bridgehead atoms. The Kier molecular flexibility index (Phi) is 12.1. The van der Waals surface area contributed by atoms with Gasteiger partial charge in [0.05, 0.1) is 6.54 Å². The maximum absolute atomic E-state index is 11.4. The average molecular weight is 356 g/mol. The molecule has 0 saturated heterocycles. The van der Waals surface area contributed by atoms with Crippen molar-refractivity contribution in [2.45, 2.75) is 26.4 Å². The lowest BCUT2D eigenvalue weighted by atomic mass is 10.2. The molecule has 0 spiro atoms. The first kappa shape index (κ1) is 21.4. The molecule has 2 N–H and O–H groups in total. The van der Waals surface area contributed by atoms with Crippen molar-refractivity contribution in [3.05, 3.63) is 72.3 Å². The average Bonchev–Trinajstić information content (AvgIpc) is 2.70. The Bertz CT molecular complexity index is 576. The fourth-order valence-electron chi connectivity index (χ4n) is 1.91. The predicted molar refractivity (Wildman–Crippen MR) is 103 cm³/mol. The molecule has 0 aliphatic rings. The van der Waals surface area contributed by atoms with Crippen molar-refractivity contribution in [1.82, 2.24) is 10.6 Å². The normalized spacial score (nSPS) is 9.58. The van der Waals surface area contributed by atoms with E-state index < -0.39 is 5.97 Å². The first-order valence-electron chi connectivity index (χ1n) is 8.89. The second-order valence-corrected chi connectivity index (χ2v) is 5.61. The summed E-state index contributed by atoms with van der Waals surface area (Å²) in [5, 5.41) is 5.52. The molecule has 0 atom stereocenters. The zero-order valence-corrected chi connectivity index (χ0v) is 15.3. The Morgan fingerprint density at radius 1 is 0.885 bits per heavy atom. The maximum atomic E-state index is 11.4. The van der Waals surface area contributed by atoms with E-state index in [1.54, 1.807) is 0 Å². The van der Waals surface area contributed by atoms with Gasteiger partial charge < -0.3 is 15.4 Å². The number of rotatable bonds is 9. The third-order valence-corrected chi connectivity index (χ3v) is 3.33. The summed E-state index contributed by atoms with van der Waals surface area (Å²) in [6.07, 6.45) is 2.12. The van der Waals surface area contributed by atoms with Crippen LogP contribution in [0.1, 0.15) is 25.3 Å². The van der Waals surface area contributed by atoms with Crippen molar-refractivity contribution < 1.29 is 14.3 Å². The third kappa shape index (κ3) is 11.8. The zero-order chi connectivity index (χ0) is 18.9. The summed E-state index contributed by atoms with van der Waals surface area (Å²) in [6, 6.07) is 21.4. The number of carbonyl (C=O) groups excluding carboxylic acids is 2. The molecule has 0 saturated carbocycles. The van der Waals surface area contributed by atoms with Crippen molar-refractivity contribution in [2.24, 2.45) is 0 Å². The highest BCUT2D eigenvalue weighted by Crippen LogP contribution is 2.00. The van der Waals surface area contributed by atoms with Crippen molar-refractivity contribution >= 4 is 11.9 Å². The number of nitrogens with one attached hydrogen (secondary N) is 2. The molecule has 0 radical (unpaired) electrons. The highest BCUT2D eigenvalue weighted by molar-refractivity contribution is 5.83. The van der Waals surface area contributed by atoms with Crippen molar-refractivity contribution in [2.75, 3.05) is 19.6 Å². The second-order valence-electron chi connectivity index (χ2n) is 5.61. The minimum absolute atomic E-state index is 0.0961. The van der Waals surface area contributed by atoms with Crippen LogP contribution < -0.4 is 10.6 Å². The van der Waals surface area contributed by atoms with Gasteiger partial charge in [0.1, 0.15) is 13.2 Å². The first-order valence-corrected chi connectivity index (χ1v) is 8.89. The van der Waals surface area contributed by atoms with Gasteiger partial charge in [-0.1, -0.05) is 80.1 Å². The molecule has 0 aliphatic carbocycles. The molecular weight excluding hydrogens is 328 g/mol. The van der Waals surface area contributed by atoms with Crippen LogP contribution >= 0.6 is 0 Å². The Labute approximate surface area is 155 Å². The van der Waals surface area contributed by atoms with Crippen molar-refractivity contribution in [3.8, 4) is 0 Å². The van der Waals surface area contributed by atoms with Crippen molar-refractivity contribution in [3.63, 3.8) is 0 Å². The van der Waals surface area contributed by atoms with E-state index in [0.29, 0.717) is 0 Å². The number of unbranched alkanes of at least 4 members (excludes halogenated alkanes) is 1. The summed E-state index contributed by atoms with van der Waals surface area (Å²) in [6.45, 7) is 3.25. The van der Waals surface area contributed by atoms with E-state index in [2.05, 4.69) is 17.6 Å². The minimum Gasteiger partial charge on any atom is -0.460 e. The Morgan fingerprint density at radius 3 is 2.04 bits per heavy atom. The van der Waals surface area contributed by atoms with Gasteiger partial charge in [0.2, 0.25) is 5.91 Å². The molecule has 0 aromatic heterocycles. The molecule has 2 aromatic carbocycles. The SMILES string of the molecule is CCCCNCC(=O)NCC(=O)OCc1ccccc1.c1ccccc1. The highest BCUT2D eigenvalue weighted by atomic mass is 16.5. The zero-order valence-electron chi connectivity index (χ0n) is 15.3. The van der Waals surface area contributed by atoms with Gasteiger partial charge in [0.15, 0.2) is 0 Å². The molecule has 0 aliphatic heterocycles. The van der Waals surface area contributed by atoms with E-state index in [4.69, 9.17) is 4.74 Å². The Hall–Kier alpha value is -2.66. The standard InChI is InChI=1S/C15H22N2O3.C6H6/c1-2-3-9-16-10-14(18)17-11-15(19)20-12-13-7-5-4-6-8-13;1-2-4-6-5-3-1/h4-8,16H,2-3,9-12H2,1H3,(H,17,18);1-6H. The Balaban J connectivity index is 0.000000472. The predicted octanol–water partition coefficient (Wildman–Crippen LogP) is 2.92. The van der Waals surface area contributed by atoms with E-state index in [-0.39, 0.29) is 25.6 Å². The first-order chi connectivity index (χ1) is 12.7. The monoisotopic (exact) mass is 356 g/mol. The highest BCUT2D eigenvalue weighted by Gasteiger charge is 2.06. The fraction of sp³-hybridized carbons (Fsp3) is 0.333. The number of hydrogen-bond donors (Lipinski definition) is 2. The van der Waals surface area contributed by atoms with Crippen LogP contribution in [0.2, 0.25) is 0 Å². The lowest BCUT2D eigenvalue weighted by Crippen LogP contribution is -2.37. The van der Waals surface area contributed by atoms with Crippen LogP contribution in [0.5, 0.6) is 0 Å². The summed E-state index contributed by atoms with van der Waals surface area (Å²) < 4.78 is 5.05. The Morgan fingerprint density at radius 2 is 1.46 bits per heavy atom. The van der Waals surface area contributed by atoms with Gasteiger partial charge in [-0.15, -0.1) is 0 Å². The molecule has 5 nitrogen and oxygen atoms in total. The van der Waals surface area contributed by atoms with Gasteiger partial charge in [0, 0.05) is 0 Å². The van der Waals surface area contributed by atoms with Gasteiger partial charge in [-0.3, -0.25) is 9.59 Å². The van der Waals surface area contributed by atoms with E-state index in [9.17, 15) is 9.59 Å².